The van der Waals surface area contributed by atoms with Crippen LogP contribution in [0.25, 0.3) is 20.5 Å². The maximum absolute atomic E-state index is 9.67. The molecule has 0 spiro atoms. The molecule has 1 aromatic heterocycles. The predicted octanol–water partition coefficient (Wildman–Crippen LogP) is 7.35. The molecule has 2 heterocycles. The standard InChI is InChI=1S/C27H27NO3S.ClH/c29-21-10-8-20(9-11-21)27-26(24-6-2-3-7-25(24)32-27)31-23-14-12-22(13-15-23)30-19-18-28-16-4-1-5-17-28;/h2-3,6-15,29H,1,4-5,16-19H2;1H. The third kappa shape index (κ3) is 5.61. The fraction of sp³-hybridized carbons (Fsp3) is 0.259. The Hall–Kier alpha value is -2.73. The van der Waals surface area contributed by atoms with Gasteiger partial charge in [0, 0.05) is 16.6 Å². The SMILES string of the molecule is Cl.Oc1ccc(-c2sc3ccccc3c2Oc2ccc(OCCN3CCCCC3)cc2)cc1. The molecule has 0 radical (unpaired) electrons. The van der Waals surface area contributed by atoms with Crippen molar-refractivity contribution in [2.45, 2.75) is 19.3 Å². The number of thiophene rings is 1. The van der Waals surface area contributed by atoms with Crippen molar-refractivity contribution in [3.8, 4) is 33.4 Å². The van der Waals surface area contributed by atoms with Gasteiger partial charge in [-0.15, -0.1) is 23.7 Å². The second-order valence-corrected chi connectivity index (χ2v) is 9.18. The quantitative estimate of drug-likeness (QED) is 0.299. The highest BCUT2D eigenvalue weighted by molar-refractivity contribution is 7.22. The summed E-state index contributed by atoms with van der Waals surface area (Å²) >= 11 is 1.69. The number of fused-ring (bicyclic) bond motifs is 1. The van der Waals surface area contributed by atoms with E-state index in [1.54, 1.807) is 23.5 Å². The van der Waals surface area contributed by atoms with E-state index in [0.717, 1.165) is 39.6 Å². The average molecular weight is 482 g/mol. The highest BCUT2D eigenvalue weighted by Crippen LogP contribution is 2.46. The molecule has 0 unspecified atom stereocenters. The number of nitrogens with zero attached hydrogens (tertiary/aromatic N) is 1. The first-order chi connectivity index (χ1) is 15.8. The summed E-state index contributed by atoms with van der Waals surface area (Å²) in [5, 5.41) is 10.8. The summed E-state index contributed by atoms with van der Waals surface area (Å²) in [4.78, 5) is 3.53. The molecule has 6 heteroatoms. The Kier molecular flexibility index (Phi) is 7.76. The van der Waals surface area contributed by atoms with Crippen molar-refractivity contribution >= 4 is 33.8 Å². The molecule has 1 aliphatic heterocycles. The average Bonchev–Trinajstić information content (AvgIpc) is 3.20. The molecule has 0 saturated carbocycles. The van der Waals surface area contributed by atoms with E-state index in [4.69, 9.17) is 9.47 Å². The molecular formula is C27H28ClNO3S. The van der Waals surface area contributed by atoms with Crippen molar-refractivity contribution in [3.63, 3.8) is 0 Å². The van der Waals surface area contributed by atoms with E-state index in [2.05, 4.69) is 17.0 Å². The van der Waals surface area contributed by atoms with Crippen LogP contribution in [0.4, 0.5) is 0 Å². The summed E-state index contributed by atoms with van der Waals surface area (Å²) in [6.45, 7) is 4.07. The monoisotopic (exact) mass is 481 g/mol. The number of piperidine rings is 1. The van der Waals surface area contributed by atoms with Crippen molar-refractivity contribution in [3.05, 3.63) is 72.8 Å². The van der Waals surface area contributed by atoms with Crippen LogP contribution in [0.2, 0.25) is 0 Å². The van der Waals surface area contributed by atoms with E-state index in [-0.39, 0.29) is 18.2 Å². The lowest BCUT2D eigenvalue weighted by Crippen LogP contribution is -2.33. The fourth-order valence-corrected chi connectivity index (χ4v) is 5.26. The topological polar surface area (TPSA) is 41.9 Å². The maximum Gasteiger partial charge on any atom is 0.153 e. The van der Waals surface area contributed by atoms with Gasteiger partial charge >= 0.3 is 0 Å². The fourth-order valence-electron chi connectivity index (χ4n) is 4.12. The molecule has 33 heavy (non-hydrogen) atoms. The number of benzene rings is 3. The van der Waals surface area contributed by atoms with Gasteiger partial charge in [-0.05, 0) is 92.2 Å². The number of phenols is 1. The van der Waals surface area contributed by atoms with Crippen molar-refractivity contribution in [2.75, 3.05) is 26.2 Å². The van der Waals surface area contributed by atoms with Crippen LogP contribution in [0.5, 0.6) is 23.0 Å². The Labute approximate surface area is 204 Å². The number of phenolic OH excluding ortho intramolecular Hbond substituents is 1. The van der Waals surface area contributed by atoms with Crippen LogP contribution in [0, 0.1) is 0 Å². The Morgan fingerprint density at radius 1 is 0.818 bits per heavy atom. The molecule has 3 aromatic carbocycles. The lowest BCUT2D eigenvalue weighted by Gasteiger charge is -2.26. The zero-order chi connectivity index (χ0) is 21.8. The van der Waals surface area contributed by atoms with Crippen molar-refractivity contribution in [1.82, 2.24) is 4.90 Å². The van der Waals surface area contributed by atoms with E-state index >= 15 is 0 Å². The predicted molar refractivity (Wildman–Crippen MR) is 138 cm³/mol. The summed E-state index contributed by atoms with van der Waals surface area (Å²) in [5.74, 6) is 2.74. The normalized spacial score (nSPS) is 14.1. The molecular weight excluding hydrogens is 454 g/mol. The van der Waals surface area contributed by atoms with E-state index in [9.17, 15) is 5.11 Å². The van der Waals surface area contributed by atoms with E-state index in [1.807, 2.05) is 48.5 Å². The summed E-state index contributed by atoms with van der Waals surface area (Å²) < 4.78 is 13.5. The van der Waals surface area contributed by atoms with Gasteiger partial charge in [-0.1, -0.05) is 18.6 Å². The van der Waals surface area contributed by atoms with E-state index in [0.29, 0.717) is 6.61 Å². The van der Waals surface area contributed by atoms with Gasteiger partial charge in [0.1, 0.15) is 23.9 Å². The van der Waals surface area contributed by atoms with Crippen molar-refractivity contribution in [1.29, 1.82) is 0 Å². The lowest BCUT2D eigenvalue weighted by atomic mass is 10.1. The van der Waals surface area contributed by atoms with Crippen molar-refractivity contribution < 1.29 is 14.6 Å². The first-order valence-electron chi connectivity index (χ1n) is 11.2. The summed E-state index contributed by atoms with van der Waals surface area (Å²) in [5.41, 5.74) is 1.02. The van der Waals surface area contributed by atoms with Gasteiger partial charge < -0.3 is 14.6 Å². The van der Waals surface area contributed by atoms with Crippen LogP contribution >= 0.6 is 23.7 Å². The van der Waals surface area contributed by atoms with Gasteiger partial charge in [-0.25, -0.2) is 0 Å². The van der Waals surface area contributed by atoms with Gasteiger partial charge in [-0.2, -0.15) is 0 Å². The lowest BCUT2D eigenvalue weighted by molar-refractivity contribution is 0.183. The Balaban J connectivity index is 0.00000259. The first-order valence-corrected chi connectivity index (χ1v) is 12.0. The number of hydrogen-bond donors (Lipinski definition) is 1. The van der Waals surface area contributed by atoms with Crippen molar-refractivity contribution in [2.24, 2.45) is 0 Å². The Morgan fingerprint density at radius 2 is 1.52 bits per heavy atom. The maximum atomic E-state index is 9.67. The molecule has 1 saturated heterocycles. The van der Waals surface area contributed by atoms with Gasteiger partial charge in [0.15, 0.2) is 5.75 Å². The molecule has 4 aromatic rings. The van der Waals surface area contributed by atoms with Crippen LogP contribution in [0.3, 0.4) is 0 Å². The summed E-state index contributed by atoms with van der Waals surface area (Å²) in [6, 6.07) is 23.4. The minimum Gasteiger partial charge on any atom is -0.508 e. The number of rotatable bonds is 7. The molecule has 0 bridgehead atoms. The van der Waals surface area contributed by atoms with Gasteiger partial charge in [-0.3, -0.25) is 4.90 Å². The van der Waals surface area contributed by atoms with E-state index in [1.165, 1.54) is 37.1 Å². The third-order valence-corrected chi connectivity index (χ3v) is 7.05. The molecule has 4 nitrogen and oxygen atoms in total. The highest BCUT2D eigenvalue weighted by Gasteiger charge is 2.16. The number of hydrogen-bond acceptors (Lipinski definition) is 5. The number of ether oxygens (including phenoxy) is 2. The molecule has 172 valence electrons. The minimum atomic E-state index is 0. The van der Waals surface area contributed by atoms with Crippen LogP contribution in [0.1, 0.15) is 19.3 Å². The van der Waals surface area contributed by atoms with Crippen LogP contribution in [0.15, 0.2) is 72.8 Å². The molecule has 1 N–H and O–H groups in total. The molecule has 5 rings (SSSR count). The third-order valence-electron chi connectivity index (χ3n) is 5.85. The van der Waals surface area contributed by atoms with E-state index < -0.39 is 0 Å². The van der Waals surface area contributed by atoms with Crippen LogP contribution in [-0.4, -0.2) is 36.2 Å². The van der Waals surface area contributed by atoms with Gasteiger partial charge in [0.05, 0.1) is 4.88 Å². The Bertz CT molecular complexity index is 1170. The highest BCUT2D eigenvalue weighted by atomic mass is 35.5. The number of likely N-dealkylation sites (tertiary alicyclic amines) is 1. The van der Waals surface area contributed by atoms with Gasteiger partial charge in [0.2, 0.25) is 0 Å². The molecule has 0 atom stereocenters. The zero-order valence-electron chi connectivity index (χ0n) is 18.4. The number of aromatic hydroxyl groups is 1. The Morgan fingerprint density at radius 3 is 2.27 bits per heavy atom. The molecule has 0 aliphatic carbocycles. The summed E-state index contributed by atoms with van der Waals surface area (Å²) in [7, 11) is 0. The first kappa shape index (κ1) is 23.4. The molecule has 1 aliphatic rings. The minimum absolute atomic E-state index is 0. The molecule has 1 fully saturated rings. The smallest absolute Gasteiger partial charge is 0.153 e. The zero-order valence-corrected chi connectivity index (χ0v) is 20.0. The summed E-state index contributed by atoms with van der Waals surface area (Å²) in [6.07, 6.45) is 3.96. The second-order valence-electron chi connectivity index (χ2n) is 8.13. The molecule has 0 amide bonds. The van der Waals surface area contributed by atoms with Gasteiger partial charge in [0.25, 0.3) is 0 Å². The number of halogens is 1. The second kappa shape index (κ2) is 10.9. The van der Waals surface area contributed by atoms with Crippen LogP contribution in [-0.2, 0) is 0 Å². The largest absolute Gasteiger partial charge is 0.508 e. The van der Waals surface area contributed by atoms with Crippen LogP contribution < -0.4 is 9.47 Å².